The van der Waals surface area contributed by atoms with Crippen LogP contribution in [0.3, 0.4) is 0 Å². The predicted molar refractivity (Wildman–Crippen MR) is 75.9 cm³/mol. The lowest BCUT2D eigenvalue weighted by molar-refractivity contribution is 0.0699. The van der Waals surface area contributed by atoms with Gasteiger partial charge in [-0.2, -0.15) is 5.10 Å². The van der Waals surface area contributed by atoms with Crippen molar-refractivity contribution in [2.75, 3.05) is 0 Å². The summed E-state index contributed by atoms with van der Waals surface area (Å²) in [6, 6.07) is 7.19. The number of hydrogen-bond acceptors (Lipinski definition) is 2. The number of carbonyl (C=O) groups is 1. The first-order valence-electron chi connectivity index (χ1n) is 6.51. The largest absolute Gasteiger partial charge is 0.478 e. The minimum Gasteiger partial charge on any atom is -0.478 e. The van der Waals surface area contributed by atoms with Gasteiger partial charge in [-0.3, -0.25) is 4.68 Å². The highest BCUT2D eigenvalue weighted by atomic mass is 16.4. The first kappa shape index (κ1) is 12.5. The lowest BCUT2D eigenvalue weighted by Gasteiger charge is -2.04. The molecule has 0 fully saturated rings. The van der Waals surface area contributed by atoms with E-state index in [9.17, 15) is 9.90 Å². The minimum atomic E-state index is -0.896. The van der Waals surface area contributed by atoms with Crippen molar-refractivity contribution < 1.29 is 9.90 Å². The van der Waals surface area contributed by atoms with Crippen molar-refractivity contribution in [3.8, 4) is 0 Å². The van der Waals surface area contributed by atoms with Crippen LogP contribution in [0.15, 0.2) is 42.9 Å². The van der Waals surface area contributed by atoms with Gasteiger partial charge in [-0.1, -0.05) is 6.07 Å². The molecule has 0 radical (unpaired) electrons. The Balaban J connectivity index is 2.00. The van der Waals surface area contributed by atoms with Gasteiger partial charge in [-0.05, 0) is 25.1 Å². The molecule has 0 unspecified atom stereocenters. The van der Waals surface area contributed by atoms with Gasteiger partial charge in [0.25, 0.3) is 0 Å². The Morgan fingerprint density at radius 3 is 2.90 bits per heavy atom. The molecule has 2 aromatic heterocycles. The van der Waals surface area contributed by atoms with Crippen molar-refractivity contribution in [1.82, 2.24) is 14.3 Å². The first-order valence-corrected chi connectivity index (χ1v) is 6.51. The van der Waals surface area contributed by atoms with Crippen molar-refractivity contribution in [2.45, 2.75) is 20.0 Å². The van der Waals surface area contributed by atoms with E-state index >= 15 is 0 Å². The molecule has 102 valence electrons. The molecular weight excluding hydrogens is 254 g/mol. The second kappa shape index (κ2) is 4.85. The normalized spacial score (nSPS) is 11.1. The second-order valence-electron chi connectivity index (χ2n) is 4.69. The van der Waals surface area contributed by atoms with Gasteiger partial charge in [0.05, 0.1) is 18.3 Å². The molecule has 0 aliphatic carbocycles. The average Bonchev–Trinajstić information content (AvgIpc) is 3.06. The fourth-order valence-corrected chi connectivity index (χ4v) is 2.41. The Bertz CT molecular complexity index is 770. The number of fused-ring (bicyclic) bond motifs is 1. The Morgan fingerprint density at radius 2 is 2.20 bits per heavy atom. The van der Waals surface area contributed by atoms with Crippen LogP contribution in [-0.4, -0.2) is 25.4 Å². The lowest BCUT2D eigenvalue weighted by Crippen LogP contribution is -1.99. The van der Waals surface area contributed by atoms with E-state index in [1.54, 1.807) is 12.1 Å². The third-order valence-corrected chi connectivity index (χ3v) is 3.41. The highest BCUT2D eigenvalue weighted by Gasteiger charge is 2.11. The van der Waals surface area contributed by atoms with E-state index in [-0.39, 0.29) is 0 Å². The molecule has 3 rings (SSSR count). The van der Waals surface area contributed by atoms with Gasteiger partial charge < -0.3 is 9.67 Å². The third-order valence-electron chi connectivity index (χ3n) is 3.41. The molecular formula is C15H15N3O2. The van der Waals surface area contributed by atoms with Crippen LogP contribution >= 0.6 is 0 Å². The van der Waals surface area contributed by atoms with Crippen molar-refractivity contribution in [3.05, 3.63) is 54.0 Å². The molecule has 5 heteroatoms. The smallest absolute Gasteiger partial charge is 0.336 e. The topological polar surface area (TPSA) is 60.0 Å². The Morgan fingerprint density at radius 1 is 1.35 bits per heavy atom. The number of aromatic carboxylic acids is 1. The summed E-state index contributed by atoms with van der Waals surface area (Å²) >= 11 is 0. The van der Waals surface area contributed by atoms with Gasteiger partial charge in [0.2, 0.25) is 0 Å². The number of aryl methyl sites for hydroxylation is 1. The Kier molecular flexibility index (Phi) is 3.02. The molecule has 0 saturated carbocycles. The van der Waals surface area contributed by atoms with Gasteiger partial charge in [0.15, 0.2) is 0 Å². The summed E-state index contributed by atoms with van der Waals surface area (Å²) in [5, 5.41) is 14.2. The van der Waals surface area contributed by atoms with Gasteiger partial charge in [0, 0.05) is 35.4 Å². The van der Waals surface area contributed by atoms with E-state index in [0.29, 0.717) is 12.1 Å². The summed E-state index contributed by atoms with van der Waals surface area (Å²) in [6.07, 6.45) is 5.77. The number of benzene rings is 1. The van der Waals surface area contributed by atoms with Crippen LogP contribution in [0.2, 0.25) is 0 Å². The van der Waals surface area contributed by atoms with Crippen LogP contribution in [0.5, 0.6) is 0 Å². The molecule has 3 aromatic rings. The minimum absolute atomic E-state index is 0.338. The summed E-state index contributed by atoms with van der Waals surface area (Å²) < 4.78 is 3.92. The predicted octanol–water partition coefficient (Wildman–Crippen LogP) is 2.60. The van der Waals surface area contributed by atoms with Crippen molar-refractivity contribution in [3.63, 3.8) is 0 Å². The summed E-state index contributed by atoms with van der Waals surface area (Å²) in [7, 11) is 0. The molecule has 1 aromatic carbocycles. The summed E-state index contributed by atoms with van der Waals surface area (Å²) in [5.74, 6) is -0.896. The summed E-state index contributed by atoms with van der Waals surface area (Å²) in [6.45, 7) is 3.57. The molecule has 0 spiro atoms. The number of aromatic nitrogens is 3. The molecule has 0 atom stereocenters. The van der Waals surface area contributed by atoms with Crippen LogP contribution in [0.1, 0.15) is 22.8 Å². The standard InChI is InChI=1S/C15H15N3O2/c1-2-18-10-11(8-16-18)9-17-7-6-12-13(15(19)20)4-3-5-14(12)17/h3-8,10H,2,9H2,1H3,(H,19,20). The maximum Gasteiger partial charge on any atom is 0.336 e. The fourth-order valence-electron chi connectivity index (χ4n) is 2.41. The van der Waals surface area contributed by atoms with E-state index in [1.807, 2.05) is 46.9 Å². The highest BCUT2D eigenvalue weighted by molar-refractivity contribution is 6.02. The van der Waals surface area contributed by atoms with Crippen LogP contribution in [0.25, 0.3) is 10.9 Å². The number of rotatable bonds is 4. The van der Waals surface area contributed by atoms with E-state index in [2.05, 4.69) is 5.10 Å². The maximum atomic E-state index is 11.2. The summed E-state index contributed by atoms with van der Waals surface area (Å²) in [5.41, 5.74) is 2.37. The van der Waals surface area contributed by atoms with E-state index in [1.165, 1.54) is 0 Å². The lowest BCUT2D eigenvalue weighted by atomic mass is 10.1. The molecule has 20 heavy (non-hydrogen) atoms. The zero-order valence-electron chi connectivity index (χ0n) is 11.2. The van der Waals surface area contributed by atoms with Gasteiger partial charge in [-0.25, -0.2) is 4.79 Å². The quantitative estimate of drug-likeness (QED) is 0.792. The van der Waals surface area contributed by atoms with Crippen molar-refractivity contribution in [2.24, 2.45) is 0 Å². The van der Waals surface area contributed by atoms with E-state index in [4.69, 9.17) is 0 Å². The second-order valence-corrected chi connectivity index (χ2v) is 4.69. The zero-order chi connectivity index (χ0) is 14.1. The Hall–Kier alpha value is -2.56. The molecule has 0 saturated heterocycles. The fraction of sp³-hybridized carbons (Fsp3) is 0.200. The third kappa shape index (κ3) is 2.07. The highest BCUT2D eigenvalue weighted by Crippen LogP contribution is 2.21. The number of nitrogens with zero attached hydrogens (tertiary/aromatic N) is 3. The molecule has 2 heterocycles. The summed E-state index contributed by atoms with van der Waals surface area (Å²) in [4.78, 5) is 11.2. The number of hydrogen-bond donors (Lipinski definition) is 1. The van der Waals surface area contributed by atoms with Gasteiger partial charge in [0.1, 0.15) is 0 Å². The SMILES string of the molecule is CCn1cc(Cn2ccc3c(C(=O)O)cccc32)cn1. The van der Waals surface area contributed by atoms with Gasteiger partial charge >= 0.3 is 5.97 Å². The number of carboxylic acids is 1. The molecule has 0 aliphatic rings. The van der Waals surface area contributed by atoms with Crippen LogP contribution in [-0.2, 0) is 13.1 Å². The molecule has 0 aliphatic heterocycles. The maximum absolute atomic E-state index is 11.2. The van der Waals surface area contributed by atoms with Crippen LogP contribution in [0, 0.1) is 0 Å². The molecule has 5 nitrogen and oxygen atoms in total. The van der Waals surface area contributed by atoms with E-state index < -0.39 is 5.97 Å². The zero-order valence-corrected chi connectivity index (χ0v) is 11.2. The van der Waals surface area contributed by atoms with E-state index in [0.717, 1.165) is 23.0 Å². The van der Waals surface area contributed by atoms with Crippen LogP contribution < -0.4 is 0 Å². The number of carboxylic acid groups (broad SMARTS) is 1. The van der Waals surface area contributed by atoms with Crippen LogP contribution in [0.4, 0.5) is 0 Å². The monoisotopic (exact) mass is 269 g/mol. The molecule has 0 amide bonds. The molecule has 0 bridgehead atoms. The Labute approximate surface area is 116 Å². The van der Waals surface area contributed by atoms with Crippen molar-refractivity contribution >= 4 is 16.9 Å². The van der Waals surface area contributed by atoms with Crippen molar-refractivity contribution in [1.29, 1.82) is 0 Å². The first-order chi connectivity index (χ1) is 9.69. The average molecular weight is 269 g/mol. The van der Waals surface area contributed by atoms with Gasteiger partial charge in [-0.15, -0.1) is 0 Å². The molecule has 1 N–H and O–H groups in total.